The number of esters is 1. The molecule has 4 fully saturated rings. The number of hydrogen-bond acceptors (Lipinski definition) is 2. The molecule has 2 atom stereocenters. The van der Waals surface area contributed by atoms with Gasteiger partial charge in [-0.2, -0.15) is 0 Å². The van der Waals surface area contributed by atoms with E-state index in [4.69, 9.17) is 4.74 Å². The zero-order chi connectivity index (χ0) is 16.1. The fourth-order valence-corrected chi connectivity index (χ4v) is 5.83. The van der Waals surface area contributed by atoms with Gasteiger partial charge in [0.15, 0.2) is 0 Å². The highest BCUT2D eigenvalue weighted by molar-refractivity contribution is 14.1. The van der Waals surface area contributed by atoms with Crippen LogP contribution < -0.4 is 0 Å². The van der Waals surface area contributed by atoms with Gasteiger partial charge >= 0.3 is 5.97 Å². The SMILES string of the molecule is CCC(C)C1(OC(=O)C(C)(I)CC)C2CC3CC(C2)CC1C3. The van der Waals surface area contributed by atoms with Crippen LogP contribution in [0.15, 0.2) is 0 Å². The van der Waals surface area contributed by atoms with E-state index in [2.05, 4.69) is 43.4 Å². The summed E-state index contributed by atoms with van der Waals surface area (Å²) in [5.41, 5.74) is -0.166. The molecular weight excluding hydrogens is 387 g/mol. The first-order valence-corrected chi connectivity index (χ1v) is 10.3. The van der Waals surface area contributed by atoms with Crippen LogP contribution in [0.3, 0.4) is 0 Å². The molecule has 4 aliphatic carbocycles. The number of hydrogen-bond donors (Lipinski definition) is 0. The Kier molecular flexibility index (Phi) is 4.59. The maximum atomic E-state index is 12.9. The van der Waals surface area contributed by atoms with Gasteiger partial charge in [0, 0.05) is 0 Å². The van der Waals surface area contributed by atoms with Crippen molar-refractivity contribution >= 4 is 28.6 Å². The zero-order valence-corrected chi connectivity index (χ0v) is 16.7. The van der Waals surface area contributed by atoms with Crippen molar-refractivity contribution in [3.05, 3.63) is 0 Å². The van der Waals surface area contributed by atoms with Gasteiger partial charge in [0.05, 0.1) is 0 Å². The largest absolute Gasteiger partial charge is 0.457 e. The predicted octanol–water partition coefficient (Wildman–Crippen LogP) is 5.37. The molecule has 3 heteroatoms. The van der Waals surface area contributed by atoms with Crippen LogP contribution in [0, 0.1) is 29.6 Å². The molecule has 0 aromatic rings. The van der Waals surface area contributed by atoms with E-state index in [1.165, 1.54) is 32.1 Å². The predicted molar refractivity (Wildman–Crippen MR) is 98.0 cm³/mol. The van der Waals surface area contributed by atoms with Crippen molar-refractivity contribution in [3.63, 3.8) is 0 Å². The summed E-state index contributed by atoms with van der Waals surface area (Å²) < 4.78 is 6.09. The van der Waals surface area contributed by atoms with Crippen LogP contribution in [0.5, 0.6) is 0 Å². The lowest BCUT2D eigenvalue weighted by atomic mass is 9.47. The lowest BCUT2D eigenvalue weighted by Gasteiger charge is -2.62. The maximum Gasteiger partial charge on any atom is 0.322 e. The summed E-state index contributed by atoms with van der Waals surface area (Å²) in [7, 11) is 0. The standard InChI is InChI=1S/C19H31IO2/c1-5-12(3)19(22-17(21)18(4,20)6-2)15-8-13-7-14(10-15)11-16(19)9-13/h12-16H,5-11H2,1-4H3. The number of carbonyl (C=O) groups excluding carboxylic acids is 1. The van der Waals surface area contributed by atoms with Crippen LogP contribution in [-0.2, 0) is 9.53 Å². The van der Waals surface area contributed by atoms with E-state index in [-0.39, 0.29) is 15.0 Å². The molecular formula is C19H31IO2. The van der Waals surface area contributed by atoms with Crippen molar-refractivity contribution in [2.75, 3.05) is 0 Å². The van der Waals surface area contributed by atoms with E-state index in [1.807, 2.05) is 6.92 Å². The molecule has 4 aliphatic rings. The average Bonchev–Trinajstić information content (AvgIpc) is 2.49. The normalized spacial score (nSPS) is 43.7. The Hall–Kier alpha value is 0.200. The van der Waals surface area contributed by atoms with Gasteiger partial charge in [-0.1, -0.05) is 43.4 Å². The second-order valence-corrected chi connectivity index (χ2v) is 10.8. The number of ether oxygens (including phenoxy) is 1. The van der Waals surface area contributed by atoms with Crippen molar-refractivity contribution < 1.29 is 9.53 Å². The minimum Gasteiger partial charge on any atom is -0.457 e. The Balaban J connectivity index is 1.91. The number of carbonyl (C=O) groups is 1. The molecule has 0 N–H and O–H groups in total. The molecule has 0 heterocycles. The smallest absolute Gasteiger partial charge is 0.322 e. The molecule has 0 saturated heterocycles. The average molecular weight is 418 g/mol. The second-order valence-electron chi connectivity index (χ2n) is 8.41. The quantitative estimate of drug-likeness (QED) is 0.341. The maximum absolute atomic E-state index is 12.9. The van der Waals surface area contributed by atoms with Crippen LogP contribution >= 0.6 is 22.6 Å². The molecule has 4 saturated carbocycles. The summed E-state index contributed by atoms with van der Waals surface area (Å²) in [6, 6.07) is 0. The van der Waals surface area contributed by atoms with Crippen molar-refractivity contribution in [2.45, 2.75) is 81.7 Å². The lowest BCUT2D eigenvalue weighted by molar-refractivity contribution is -0.228. The van der Waals surface area contributed by atoms with E-state index in [0.717, 1.165) is 24.7 Å². The Morgan fingerprint density at radius 2 is 1.68 bits per heavy atom. The Morgan fingerprint density at radius 1 is 1.18 bits per heavy atom. The minimum absolute atomic E-state index is 0.0309. The molecule has 2 nitrogen and oxygen atoms in total. The first-order valence-electron chi connectivity index (χ1n) is 9.25. The molecule has 0 aromatic carbocycles. The zero-order valence-electron chi connectivity index (χ0n) is 14.5. The fourth-order valence-electron chi connectivity index (χ4n) is 5.72. The van der Waals surface area contributed by atoms with Gasteiger partial charge in [0.2, 0.25) is 0 Å². The van der Waals surface area contributed by atoms with E-state index in [9.17, 15) is 4.79 Å². The molecule has 0 radical (unpaired) electrons. The third-order valence-corrected chi connectivity index (χ3v) is 8.36. The molecule has 0 spiro atoms. The summed E-state index contributed by atoms with van der Waals surface area (Å²) in [5, 5.41) is 0. The van der Waals surface area contributed by atoms with E-state index < -0.39 is 0 Å². The van der Waals surface area contributed by atoms with Crippen LogP contribution in [0.4, 0.5) is 0 Å². The molecule has 4 bridgehead atoms. The van der Waals surface area contributed by atoms with Crippen LogP contribution in [0.1, 0.15) is 72.6 Å². The summed E-state index contributed by atoms with van der Waals surface area (Å²) >= 11 is 2.29. The van der Waals surface area contributed by atoms with Crippen molar-refractivity contribution in [1.82, 2.24) is 0 Å². The van der Waals surface area contributed by atoms with Crippen molar-refractivity contribution in [3.8, 4) is 0 Å². The van der Waals surface area contributed by atoms with Gasteiger partial charge in [-0.25, -0.2) is 0 Å². The minimum atomic E-state index is -0.382. The second kappa shape index (κ2) is 5.93. The molecule has 4 rings (SSSR count). The molecule has 0 aromatic heterocycles. The van der Waals surface area contributed by atoms with E-state index >= 15 is 0 Å². The van der Waals surface area contributed by atoms with Gasteiger partial charge in [-0.15, -0.1) is 0 Å². The highest BCUT2D eigenvalue weighted by Gasteiger charge is 2.61. The summed E-state index contributed by atoms with van der Waals surface area (Å²) in [6.45, 7) is 8.69. The topological polar surface area (TPSA) is 26.3 Å². The number of alkyl halides is 1. The fraction of sp³-hybridized carbons (Fsp3) is 0.947. The highest BCUT2D eigenvalue weighted by Crippen LogP contribution is 2.62. The number of rotatable bonds is 5. The Bertz CT molecular complexity index is 415. The third kappa shape index (κ3) is 2.53. The van der Waals surface area contributed by atoms with E-state index in [1.54, 1.807) is 0 Å². The molecule has 126 valence electrons. The first-order chi connectivity index (χ1) is 10.3. The third-order valence-electron chi connectivity index (χ3n) is 7.16. The molecule has 0 amide bonds. The van der Waals surface area contributed by atoms with Gasteiger partial charge < -0.3 is 4.74 Å². The summed E-state index contributed by atoms with van der Waals surface area (Å²) in [4.78, 5) is 12.9. The van der Waals surface area contributed by atoms with Crippen LogP contribution in [0.25, 0.3) is 0 Å². The van der Waals surface area contributed by atoms with Crippen molar-refractivity contribution in [2.24, 2.45) is 29.6 Å². The summed E-state index contributed by atoms with van der Waals surface area (Å²) in [5.74, 6) is 3.57. The highest BCUT2D eigenvalue weighted by atomic mass is 127. The van der Waals surface area contributed by atoms with E-state index in [0.29, 0.717) is 17.8 Å². The monoisotopic (exact) mass is 418 g/mol. The van der Waals surface area contributed by atoms with Gasteiger partial charge in [-0.05, 0) is 81.5 Å². The van der Waals surface area contributed by atoms with Crippen molar-refractivity contribution in [1.29, 1.82) is 0 Å². The molecule has 22 heavy (non-hydrogen) atoms. The van der Waals surface area contributed by atoms with Gasteiger partial charge in [0.25, 0.3) is 0 Å². The summed E-state index contributed by atoms with van der Waals surface area (Å²) in [6.07, 6.45) is 8.59. The molecule has 0 aliphatic heterocycles. The first kappa shape index (κ1) is 17.0. The van der Waals surface area contributed by atoms with Gasteiger partial charge in [-0.3, -0.25) is 4.79 Å². The van der Waals surface area contributed by atoms with Crippen LogP contribution in [-0.4, -0.2) is 15.0 Å². The van der Waals surface area contributed by atoms with Crippen LogP contribution in [0.2, 0.25) is 0 Å². The Morgan fingerprint density at radius 3 is 2.09 bits per heavy atom. The van der Waals surface area contributed by atoms with Gasteiger partial charge in [0.1, 0.15) is 9.02 Å². The number of halogens is 1. The lowest BCUT2D eigenvalue weighted by Crippen LogP contribution is -2.63. The molecule has 2 unspecified atom stereocenters. The Labute approximate surface area is 149 Å².